The van der Waals surface area contributed by atoms with E-state index < -0.39 is 115 Å². The summed E-state index contributed by atoms with van der Waals surface area (Å²) < 4.78 is 311. The molecule has 0 nitrogen and oxygen atoms in total. The zero-order valence-corrected chi connectivity index (χ0v) is 28.5. The zero-order chi connectivity index (χ0) is 43.5. The first-order valence-corrected chi connectivity index (χ1v) is 17.1. The number of hydrogen-bond acceptors (Lipinski definition) is 0. The summed E-state index contributed by atoms with van der Waals surface area (Å²) in [5.41, 5.74) is -13.3. The molecule has 0 heterocycles. The van der Waals surface area contributed by atoms with E-state index in [1.54, 1.807) is 0 Å². The van der Waals surface area contributed by atoms with Gasteiger partial charge >= 0.3 is 59.2 Å². The second-order valence-electron chi connectivity index (χ2n) is 13.4. The minimum absolute atomic E-state index is 0.211. The molecule has 0 atom stereocenters. The van der Waals surface area contributed by atoms with Crippen LogP contribution in [0.15, 0.2) is 78.9 Å². The van der Waals surface area contributed by atoms with Crippen LogP contribution in [0.1, 0.15) is 24.0 Å². The van der Waals surface area contributed by atoms with Crippen LogP contribution >= 0.6 is 7.92 Å². The minimum atomic E-state index is -7.37. The van der Waals surface area contributed by atoms with Gasteiger partial charge in [-0.3, -0.25) is 0 Å². The molecule has 0 aromatic heterocycles. The number of alkyl halides is 22. The Hall–Kier alpha value is -3.45. The lowest BCUT2D eigenvalue weighted by molar-refractivity contribution is -0.485. The van der Waals surface area contributed by atoms with E-state index in [1.165, 1.54) is 30.3 Å². The molecule has 0 saturated heterocycles. The Balaban J connectivity index is 1.41. The van der Waals surface area contributed by atoms with Crippen LogP contribution in [0.2, 0.25) is 0 Å². The molecule has 3 aromatic rings. The Labute approximate surface area is 307 Å². The lowest BCUT2D eigenvalue weighted by Gasteiger charge is -2.52. The Morgan fingerprint density at radius 2 is 0.509 bits per heavy atom. The van der Waals surface area contributed by atoms with Crippen molar-refractivity contribution in [3.63, 3.8) is 0 Å². The van der Waals surface area contributed by atoms with E-state index in [4.69, 9.17) is 0 Å². The molecule has 0 spiro atoms. The van der Waals surface area contributed by atoms with Crippen molar-refractivity contribution in [3.8, 4) is 0 Å². The highest BCUT2D eigenvalue weighted by atomic mass is 31.1. The number of hydrogen-bond donors (Lipinski definition) is 0. The van der Waals surface area contributed by atoms with Crippen LogP contribution in [0.3, 0.4) is 0 Å². The monoisotopic (exact) mass is 878 g/mol. The van der Waals surface area contributed by atoms with Crippen molar-refractivity contribution in [1.29, 1.82) is 0 Å². The van der Waals surface area contributed by atoms with Gasteiger partial charge in [0.1, 0.15) is 0 Å². The highest BCUT2D eigenvalue weighted by Crippen LogP contribution is 2.72. The first-order valence-electron chi connectivity index (χ1n) is 15.8. The quantitative estimate of drug-likeness (QED) is 0.148. The van der Waals surface area contributed by atoms with E-state index in [2.05, 4.69) is 0 Å². The Morgan fingerprint density at radius 3 is 0.772 bits per heavy atom. The molecule has 0 unspecified atom stereocenters. The van der Waals surface area contributed by atoms with Gasteiger partial charge in [0.2, 0.25) is 11.3 Å². The van der Waals surface area contributed by atoms with Crippen molar-refractivity contribution < 1.29 is 96.6 Å². The average molecular weight is 878 g/mol. The van der Waals surface area contributed by atoms with Crippen molar-refractivity contribution >= 4 is 23.8 Å². The van der Waals surface area contributed by atoms with E-state index in [0.717, 1.165) is 48.5 Å². The SMILES string of the molecule is FC1(F)C(F)(F)C(F)(F)C(F)(CCc2ccc(P(c3ccccc3)c3ccc(CCC4(F)C(F)(F)C(F)(F)C(F)(F)C(F)(F)C4(F)F)cc3)cc2)C(F)(F)C1(F)F. The Bertz CT molecular complexity index is 1760. The standard InChI is InChI=1S/C34H21F22P/c35-23(25(37,38)29(45,46)33(53,54)30(47,48)26(23,39)40)16-14-18-6-10-21(11-7-18)57(20-4-2-1-3-5-20)22-12-8-19(9-13-22)15-17-24(36)27(41,42)31(49,50)34(55,56)32(51,52)28(24,43)44/h1-13H,14-17H2. The summed E-state index contributed by atoms with van der Waals surface area (Å²) in [6, 6.07) is 15.7. The molecule has 316 valence electrons. The molecule has 3 aromatic carbocycles. The average Bonchev–Trinajstić information content (AvgIpc) is 3.12. The number of halogens is 22. The van der Waals surface area contributed by atoms with Crippen molar-refractivity contribution in [1.82, 2.24) is 0 Å². The molecule has 2 fully saturated rings. The van der Waals surface area contributed by atoms with Gasteiger partial charge in [-0.2, -0.15) is 87.8 Å². The predicted octanol–water partition coefficient (Wildman–Crippen LogP) is 11.1. The van der Waals surface area contributed by atoms with E-state index >= 15 is 8.78 Å². The highest BCUT2D eigenvalue weighted by molar-refractivity contribution is 7.79. The maximum absolute atomic E-state index is 15.2. The van der Waals surface area contributed by atoms with E-state index in [1.807, 2.05) is 0 Å². The fourth-order valence-corrected chi connectivity index (χ4v) is 8.74. The van der Waals surface area contributed by atoms with Gasteiger partial charge in [0.05, 0.1) is 0 Å². The van der Waals surface area contributed by atoms with Gasteiger partial charge in [0.15, 0.2) is 0 Å². The van der Waals surface area contributed by atoms with Crippen LogP contribution in [0.5, 0.6) is 0 Å². The van der Waals surface area contributed by atoms with E-state index in [-0.39, 0.29) is 10.6 Å². The van der Waals surface area contributed by atoms with Gasteiger partial charge in [0.25, 0.3) is 0 Å². The molecular formula is C34H21F22P. The third-order valence-electron chi connectivity index (χ3n) is 10.1. The van der Waals surface area contributed by atoms with Crippen LogP contribution in [-0.4, -0.2) is 70.6 Å². The fraction of sp³-hybridized carbons (Fsp3) is 0.471. The third-order valence-corrected chi connectivity index (χ3v) is 12.5. The lowest BCUT2D eigenvalue weighted by atomic mass is 9.70. The topological polar surface area (TPSA) is 0 Å². The second kappa shape index (κ2) is 13.0. The second-order valence-corrected chi connectivity index (χ2v) is 15.6. The summed E-state index contributed by atoms with van der Waals surface area (Å²) >= 11 is 0. The van der Waals surface area contributed by atoms with Crippen LogP contribution < -0.4 is 15.9 Å². The molecule has 0 radical (unpaired) electrons. The summed E-state index contributed by atoms with van der Waals surface area (Å²) in [7, 11) is -1.86. The van der Waals surface area contributed by atoms with Crippen LogP contribution in [-0.2, 0) is 12.8 Å². The number of aryl methyl sites for hydroxylation is 2. The van der Waals surface area contributed by atoms with Gasteiger partial charge in [-0.15, -0.1) is 0 Å². The summed E-state index contributed by atoms with van der Waals surface area (Å²) in [4.78, 5) is 0. The van der Waals surface area contributed by atoms with E-state index in [0.29, 0.717) is 5.30 Å². The highest BCUT2D eigenvalue weighted by Gasteiger charge is 3.02. The summed E-state index contributed by atoms with van der Waals surface area (Å²) in [6.45, 7) is 0. The first kappa shape index (κ1) is 44.6. The molecule has 57 heavy (non-hydrogen) atoms. The number of benzene rings is 3. The summed E-state index contributed by atoms with van der Waals surface area (Å²) in [5, 5.41) is 0.851. The first-order chi connectivity index (χ1) is 25.6. The largest absolute Gasteiger partial charge is 0.384 e. The van der Waals surface area contributed by atoms with Crippen molar-refractivity contribution in [2.75, 3.05) is 0 Å². The Morgan fingerprint density at radius 1 is 0.281 bits per heavy atom. The number of rotatable bonds is 9. The molecule has 0 aliphatic heterocycles. The summed E-state index contributed by atoms with van der Waals surface area (Å²) in [6.07, 6.45) is -7.86. The molecule has 5 rings (SSSR count). The van der Waals surface area contributed by atoms with Crippen LogP contribution in [0, 0.1) is 0 Å². The normalized spacial score (nSPS) is 26.1. The smallest absolute Gasteiger partial charge is 0.230 e. The lowest BCUT2D eigenvalue weighted by Crippen LogP contribution is -2.83. The van der Waals surface area contributed by atoms with Gasteiger partial charge in [-0.05, 0) is 60.6 Å². The van der Waals surface area contributed by atoms with Gasteiger partial charge < -0.3 is 0 Å². The van der Waals surface area contributed by atoms with Crippen LogP contribution in [0.25, 0.3) is 0 Å². The minimum Gasteiger partial charge on any atom is -0.230 e. The van der Waals surface area contributed by atoms with Crippen molar-refractivity contribution in [2.24, 2.45) is 0 Å². The van der Waals surface area contributed by atoms with E-state index in [9.17, 15) is 87.8 Å². The van der Waals surface area contributed by atoms with Crippen molar-refractivity contribution in [2.45, 2.75) is 96.2 Å². The molecule has 0 bridgehead atoms. The van der Waals surface area contributed by atoms with Gasteiger partial charge in [-0.1, -0.05) is 78.9 Å². The molecule has 0 N–H and O–H groups in total. The third kappa shape index (κ3) is 5.48. The maximum atomic E-state index is 15.2. The fourth-order valence-electron chi connectivity index (χ4n) is 6.48. The maximum Gasteiger partial charge on any atom is 0.384 e. The van der Waals surface area contributed by atoms with Gasteiger partial charge in [-0.25, -0.2) is 8.78 Å². The van der Waals surface area contributed by atoms with Crippen molar-refractivity contribution in [3.05, 3.63) is 90.0 Å². The Kier molecular flexibility index (Phi) is 10.2. The molecule has 2 aliphatic rings. The molecule has 2 saturated carbocycles. The molecular weight excluding hydrogens is 857 g/mol. The van der Waals surface area contributed by atoms with Crippen LogP contribution in [0.4, 0.5) is 96.6 Å². The molecule has 2 aliphatic carbocycles. The van der Waals surface area contributed by atoms with Gasteiger partial charge in [0, 0.05) is 0 Å². The zero-order valence-electron chi connectivity index (χ0n) is 27.6. The summed E-state index contributed by atoms with van der Waals surface area (Å²) in [5.74, 6) is -71.9. The molecule has 23 heteroatoms. The predicted molar refractivity (Wildman–Crippen MR) is 159 cm³/mol. The molecule has 0 amide bonds.